The topological polar surface area (TPSA) is 68.3 Å². The van der Waals surface area contributed by atoms with Crippen LogP contribution in [0.5, 0.6) is 0 Å². The molecule has 0 aromatic carbocycles. The van der Waals surface area contributed by atoms with Crippen LogP contribution < -0.4 is 5.32 Å². The van der Waals surface area contributed by atoms with Crippen molar-refractivity contribution in [3.8, 4) is 0 Å². The molecule has 0 bridgehead atoms. The van der Waals surface area contributed by atoms with Crippen molar-refractivity contribution in [3.63, 3.8) is 0 Å². The molecule has 1 aliphatic carbocycles. The molecular formula is C15H22N2O3S. The lowest BCUT2D eigenvalue weighted by atomic mass is 9.97. The predicted molar refractivity (Wildman–Crippen MR) is 83.2 cm³/mol. The van der Waals surface area contributed by atoms with E-state index in [1.807, 2.05) is 0 Å². The largest absolute Gasteiger partial charge is 0.464 e. The van der Waals surface area contributed by atoms with Gasteiger partial charge in [0.25, 0.3) is 0 Å². The molecule has 0 unspecified atom stereocenters. The molecule has 0 atom stereocenters. The zero-order chi connectivity index (χ0) is 15.2. The highest BCUT2D eigenvalue weighted by Gasteiger charge is 2.23. The summed E-state index contributed by atoms with van der Waals surface area (Å²) in [5.41, 5.74) is 0.128. The lowest BCUT2D eigenvalue weighted by Crippen LogP contribution is -2.20. The molecule has 21 heavy (non-hydrogen) atoms. The number of nitrogens with zero attached hydrogens (tertiary/aromatic N) is 1. The standard InChI is InChI=1S/C15H22N2O3S/c1-10(18)13-12(14(19)20-2)17-15(21-13)16-11-8-6-4-3-5-7-9-11/h11H,3-9H2,1-2H3,(H,16,17). The molecule has 1 fully saturated rings. The van der Waals surface area contributed by atoms with Gasteiger partial charge in [-0.05, 0) is 12.8 Å². The van der Waals surface area contributed by atoms with Gasteiger partial charge >= 0.3 is 5.97 Å². The molecule has 0 radical (unpaired) electrons. The fraction of sp³-hybridized carbons (Fsp3) is 0.667. The van der Waals surface area contributed by atoms with E-state index >= 15 is 0 Å². The molecule has 5 nitrogen and oxygen atoms in total. The van der Waals surface area contributed by atoms with Gasteiger partial charge in [-0.1, -0.05) is 43.4 Å². The zero-order valence-corrected chi connectivity index (χ0v) is 13.4. The summed E-state index contributed by atoms with van der Waals surface area (Å²) in [6.07, 6.45) is 8.54. The SMILES string of the molecule is COC(=O)c1nc(NC2CCCCCCC2)sc1C(C)=O. The van der Waals surface area contributed by atoms with Crippen LogP contribution in [-0.2, 0) is 4.74 Å². The third kappa shape index (κ3) is 4.27. The Labute approximate surface area is 129 Å². The number of rotatable bonds is 4. The van der Waals surface area contributed by atoms with Gasteiger partial charge in [-0.3, -0.25) is 4.79 Å². The lowest BCUT2D eigenvalue weighted by Gasteiger charge is -2.20. The summed E-state index contributed by atoms with van der Waals surface area (Å²) in [6, 6.07) is 0.377. The minimum Gasteiger partial charge on any atom is -0.464 e. The van der Waals surface area contributed by atoms with Gasteiger partial charge in [0.1, 0.15) is 4.88 Å². The minimum absolute atomic E-state index is 0.128. The van der Waals surface area contributed by atoms with E-state index in [0.717, 1.165) is 12.8 Å². The molecule has 1 aliphatic rings. The van der Waals surface area contributed by atoms with Crippen molar-refractivity contribution in [1.29, 1.82) is 0 Å². The maximum Gasteiger partial charge on any atom is 0.358 e. The fourth-order valence-corrected chi connectivity index (χ4v) is 3.56. The van der Waals surface area contributed by atoms with Crippen LogP contribution in [0.1, 0.15) is 72.0 Å². The molecule has 6 heteroatoms. The number of esters is 1. The van der Waals surface area contributed by atoms with Gasteiger partial charge in [-0.2, -0.15) is 0 Å². The first kappa shape index (κ1) is 15.9. The Morgan fingerprint density at radius 2 is 1.81 bits per heavy atom. The Balaban J connectivity index is 2.12. The average molecular weight is 310 g/mol. The second-order valence-electron chi connectivity index (χ2n) is 5.43. The lowest BCUT2D eigenvalue weighted by molar-refractivity contribution is 0.0591. The van der Waals surface area contributed by atoms with E-state index in [9.17, 15) is 9.59 Å². The third-order valence-electron chi connectivity index (χ3n) is 3.76. The van der Waals surface area contributed by atoms with Crippen molar-refractivity contribution in [2.75, 3.05) is 12.4 Å². The molecule has 0 spiro atoms. The molecule has 0 amide bonds. The molecule has 1 saturated carbocycles. The van der Waals surface area contributed by atoms with E-state index in [1.54, 1.807) is 0 Å². The minimum atomic E-state index is -0.554. The summed E-state index contributed by atoms with van der Waals surface area (Å²) >= 11 is 1.24. The highest BCUT2D eigenvalue weighted by atomic mass is 32.1. The van der Waals surface area contributed by atoms with Crippen molar-refractivity contribution in [2.24, 2.45) is 0 Å². The maximum absolute atomic E-state index is 11.7. The van der Waals surface area contributed by atoms with Gasteiger partial charge in [0, 0.05) is 13.0 Å². The molecule has 2 rings (SSSR count). The highest BCUT2D eigenvalue weighted by Crippen LogP contribution is 2.27. The number of carbonyl (C=O) groups is 2. The van der Waals surface area contributed by atoms with Gasteiger partial charge in [-0.15, -0.1) is 0 Å². The summed E-state index contributed by atoms with van der Waals surface area (Å²) in [7, 11) is 1.30. The van der Waals surface area contributed by atoms with Crippen molar-refractivity contribution in [3.05, 3.63) is 10.6 Å². The quantitative estimate of drug-likeness (QED) is 0.679. The van der Waals surface area contributed by atoms with Crippen LogP contribution in [0, 0.1) is 0 Å². The van der Waals surface area contributed by atoms with Crippen molar-refractivity contribution < 1.29 is 14.3 Å². The van der Waals surface area contributed by atoms with Crippen molar-refractivity contribution in [1.82, 2.24) is 4.98 Å². The van der Waals surface area contributed by atoms with E-state index in [1.165, 1.54) is 57.5 Å². The predicted octanol–water partition coefficient (Wildman–Crippen LogP) is 3.66. The molecule has 0 saturated heterocycles. The van der Waals surface area contributed by atoms with Gasteiger partial charge in [0.2, 0.25) is 0 Å². The maximum atomic E-state index is 11.7. The van der Waals surface area contributed by atoms with Crippen LogP contribution in [-0.4, -0.2) is 29.9 Å². The second kappa shape index (κ2) is 7.54. The number of thiazole rings is 1. The number of ether oxygens (including phenoxy) is 1. The number of nitrogens with one attached hydrogen (secondary N) is 1. The number of carbonyl (C=O) groups excluding carboxylic acids is 2. The normalized spacial score (nSPS) is 16.9. The Kier molecular flexibility index (Phi) is 5.73. The second-order valence-corrected chi connectivity index (χ2v) is 6.43. The first-order valence-corrected chi connectivity index (χ1v) is 8.30. The van der Waals surface area contributed by atoms with Crippen LogP contribution in [0.2, 0.25) is 0 Å². The molecule has 116 valence electrons. The average Bonchev–Trinajstić information content (AvgIpc) is 2.85. The number of Topliss-reactive ketones (excluding diaryl/α,β-unsaturated/α-hetero) is 1. The molecule has 1 N–H and O–H groups in total. The summed E-state index contributed by atoms with van der Waals surface area (Å²) in [6.45, 7) is 1.44. The fourth-order valence-electron chi connectivity index (χ4n) is 2.63. The van der Waals surface area contributed by atoms with Crippen molar-refractivity contribution >= 4 is 28.2 Å². The number of hydrogen-bond acceptors (Lipinski definition) is 6. The van der Waals surface area contributed by atoms with Gasteiger partial charge in [-0.25, -0.2) is 9.78 Å². The smallest absolute Gasteiger partial charge is 0.358 e. The Hall–Kier alpha value is -1.43. The van der Waals surface area contributed by atoms with Gasteiger partial charge in [0.05, 0.1) is 7.11 Å². The zero-order valence-electron chi connectivity index (χ0n) is 12.6. The molecule has 1 aromatic rings. The van der Waals surface area contributed by atoms with Gasteiger partial charge in [0.15, 0.2) is 16.6 Å². The summed E-state index contributed by atoms with van der Waals surface area (Å²) in [4.78, 5) is 27.9. The van der Waals surface area contributed by atoms with Crippen LogP contribution in [0.3, 0.4) is 0 Å². The monoisotopic (exact) mass is 310 g/mol. The molecular weight excluding hydrogens is 288 g/mol. The van der Waals surface area contributed by atoms with E-state index in [2.05, 4.69) is 10.3 Å². The third-order valence-corrected chi connectivity index (χ3v) is 4.85. The Morgan fingerprint density at radius 3 is 2.38 bits per heavy atom. The van der Waals surface area contributed by atoms with Crippen molar-refractivity contribution in [2.45, 2.75) is 57.9 Å². The summed E-state index contributed by atoms with van der Waals surface area (Å²) in [5.74, 6) is -0.708. The number of methoxy groups -OCH3 is 1. The van der Waals surface area contributed by atoms with E-state index in [-0.39, 0.29) is 11.5 Å². The van der Waals surface area contributed by atoms with Crippen LogP contribution in [0.25, 0.3) is 0 Å². The number of ketones is 1. The van der Waals surface area contributed by atoms with Gasteiger partial charge < -0.3 is 10.1 Å². The number of hydrogen-bond donors (Lipinski definition) is 1. The summed E-state index contributed by atoms with van der Waals surface area (Å²) < 4.78 is 4.69. The molecule has 1 aromatic heterocycles. The van der Waals surface area contributed by atoms with E-state index < -0.39 is 5.97 Å². The first-order chi connectivity index (χ1) is 10.1. The van der Waals surface area contributed by atoms with E-state index in [0.29, 0.717) is 16.1 Å². The number of anilines is 1. The Bertz CT molecular complexity index is 505. The number of aromatic nitrogens is 1. The van der Waals surface area contributed by atoms with Crippen LogP contribution in [0.15, 0.2) is 0 Å². The van der Waals surface area contributed by atoms with Crippen LogP contribution in [0.4, 0.5) is 5.13 Å². The first-order valence-electron chi connectivity index (χ1n) is 7.48. The van der Waals surface area contributed by atoms with E-state index in [4.69, 9.17) is 4.74 Å². The molecule has 1 heterocycles. The Morgan fingerprint density at radius 1 is 1.19 bits per heavy atom. The van der Waals surface area contributed by atoms with Crippen LogP contribution >= 0.6 is 11.3 Å². The summed E-state index contributed by atoms with van der Waals surface area (Å²) in [5, 5.41) is 4.04. The molecule has 0 aliphatic heterocycles. The highest BCUT2D eigenvalue weighted by molar-refractivity contribution is 7.17.